The van der Waals surface area contributed by atoms with Crippen molar-refractivity contribution in [3.05, 3.63) is 0 Å². The molecule has 3 nitrogen and oxygen atoms in total. The van der Waals surface area contributed by atoms with E-state index < -0.39 is 0 Å². The standard InChI is InChI=1S/C4H7N3.ClH/c1-2-3-7-4(5)6;/h1H,3H2,(H4,5,6,7);1H. The van der Waals surface area contributed by atoms with Gasteiger partial charge < -0.3 is 11.5 Å². The highest BCUT2D eigenvalue weighted by Gasteiger charge is 1.70. The predicted molar refractivity (Wildman–Crippen MR) is 36.8 cm³/mol. The van der Waals surface area contributed by atoms with Gasteiger partial charge in [0, 0.05) is 0 Å². The number of aliphatic imine (C=N–C) groups is 1. The first-order chi connectivity index (χ1) is 3.27. The molecule has 0 aliphatic heterocycles. The van der Waals surface area contributed by atoms with Crippen LogP contribution in [0.1, 0.15) is 0 Å². The van der Waals surface area contributed by atoms with Crippen LogP contribution < -0.4 is 11.5 Å². The Morgan fingerprint density at radius 3 is 2.25 bits per heavy atom. The summed E-state index contributed by atoms with van der Waals surface area (Å²) in [5.74, 6) is 2.29. The van der Waals surface area contributed by atoms with Gasteiger partial charge in [0.2, 0.25) is 0 Å². The van der Waals surface area contributed by atoms with Gasteiger partial charge in [-0.15, -0.1) is 18.8 Å². The second-order valence-electron chi connectivity index (χ2n) is 0.945. The van der Waals surface area contributed by atoms with Crippen LogP contribution in [0.15, 0.2) is 4.99 Å². The Morgan fingerprint density at radius 1 is 1.62 bits per heavy atom. The van der Waals surface area contributed by atoms with Crippen molar-refractivity contribution in [1.29, 1.82) is 0 Å². The van der Waals surface area contributed by atoms with E-state index in [0.29, 0.717) is 0 Å². The van der Waals surface area contributed by atoms with Crippen LogP contribution in [0, 0.1) is 12.3 Å². The zero-order chi connectivity index (χ0) is 5.70. The number of nitrogens with zero attached hydrogens (tertiary/aromatic N) is 1. The molecule has 0 atom stereocenters. The van der Waals surface area contributed by atoms with Gasteiger partial charge in [0.1, 0.15) is 6.54 Å². The topological polar surface area (TPSA) is 64.4 Å². The molecule has 4 N–H and O–H groups in total. The van der Waals surface area contributed by atoms with Gasteiger partial charge in [0.15, 0.2) is 5.96 Å². The molecule has 0 heterocycles. The summed E-state index contributed by atoms with van der Waals surface area (Å²) in [6.45, 7) is 0.266. The van der Waals surface area contributed by atoms with Gasteiger partial charge in [-0.3, -0.25) is 0 Å². The van der Waals surface area contributed by atoms with E-state index in [4.69, 9.17) is 17.9 Å². The molecule has 4 heteroatoms. The molecule has 0 radical (unpaired) electrons. The van der Waals surface area contributed by atoms with E-state index in [9.17, 15) is 0 Å². The van der Waals surface area contributed by atoms with Gasteiger partial charge in [-0.1, -0.05) is 5.92 Å². The van der Waals surface area contributed by atoms with Crippen molar-refractivity contribution < 1.29 is 0 Å². The highest BCUT2D eigenvalue weighted by Crippen LogP contribution is 1.59. The maximum absolute atomic E-state index is 4.91. The van der Waals surface area contributed by atoms with E-state index in [1.165, 1.54) is 0 Å². The second-order valence-corrected chi connectivity index (χ2v) is 0.945. The number of hydrogen-bond acceptors (Lipinski definition) is 1. The first-order valence-electron chi connectivity index (χ1n) is 1.76. The van der Waals surface area contributed by atoms with Crippen molar-refractivity contribution in [2.24, 2.45) is 16.5 Å². The second kappa shape index (κ2) is 6.12. The first kappa shape index (κ1) is 10.2. The fourth-order valence-electron chi connectivity index (χ4n) is 0.137. The van der Waals surface area contributed by atoms with Crippen molar-refractivity contribution in [1.82, 2.24) is 0 Å². The molecule has 0 aromatic rings. The lowest BCUT2D eigenvalue weighted by Gasteiger charge is -1.82. The summed E-state index contributed by atoms with van der Waals surface area (Å²) >= 11 is 0. The molecule has 0 amide bonds. The van der Waals surface area contributed by atoms with Crippen LogP contribution in [0.4, 0.5) is 0 Å². The van der Waals surface area contributed by atoms with E-state index in [0.717, 1.165) is 0 Å². The van der Waals surface area contributed by atoms with Crippen LogP contribution in [0.3, 0.4) is 0 Å². The minimum Gasteiger partial charge on any atom is -0.370 e. The number of nitrogens with two attached hydrogens (primary N) is 2. The maximum Gasteiger partial charge on any atom is 0.186 e. The largest absolute Gasteiger partial charge is 0.370 e. The van der Waals surface area contributed by atoms with Crippen LogP contribution >= 0.6 is 12.4 Å². The molecule has 0 unspecified atom stereocenters. The third kappa shape index (κ3) is 8.93. The Balaban J connectivity index is 0. The van der Waals surface area contributed by atoms with Crippen molar-refractivity contribution in [3.8, 4) is 12.3 Å². The molecule has 46 valence electrons. The van der Waals surface area contributed by atoms with Crippen LogP contribution in [0.25, 0.3) is 0 Å². The fraction of sp³-hybridized carbons (Fsp3) is 0.250. The van der Waals surface area contributed by atoms with Gasteiger partial charge in [0.05, 0.1) is 0 Å². The summed E-state index contributed by atoms with van der Waals surface area (Å²) in [7, 11) is 0. The molecule has 8 heavy (non-hydrogen) atoms. The van der Waals surface area contributed by atoms with Crippen molar-refractivity contribution in [2.75, 3.05) is 6.54 Å². The Kier molecular flexibility index (Phi) is 7.78. The minimum atomic E-state index is 0. The Bertz CT molecular complexity index is 109. The molecule has 0 aliphatic carbocycles. The summed E-state index contributed by atoms with van der Waals surface area (Å²) in [6.07, 6.45) is 4.81. The molecule has 0 rings (SSSR count). The zero-order valence-corrected chi connectivity index (χ0v) is 5.11. The molecule has 0 aromatic heterocycles. The average molecular weight is 134 g/mol. The Labute approximate surface area is 54.6 Å². The Morgan fingerprint density at radius 2 is 2.12 bits per heavy atom. The van der Waals surface area contributed by atoms with Gasteiger partial charge in [-0.05, 0) is 0 Å². The van der Waals surface area contributed by atoms with Crippen LogP contribution in [-0.4, -0.2) is 12.5 Å². The van der Waals surface area contributed by atoms with Crippen LogP contribution in [-0.2, 0) is 0 Å². The lowest BCUT2D eigenvalue weighted by molar-refractivity contribution is 1.25. The molecule has 0 saturated heterocycles. The van der Waals surface area contributed by atoms with Gasteiger partial charge >= 0.3 is 0 Å². The molecule has 0 saturated carbocycles. The number of terminal acetylenes is 1. The maximum atomic E-state index is 4.91. The normalized spacial score (nSPS) is 5.88. The molecular formula is C4H8ClN3. The number of hydrogen-bond donors (Lipinski definition) is 2. The van der Waals surface area contributed by atoms with E-state index in [2.05, 4.69) is 10.9 Å². The van der Waals surface area contributed by atoms with E-state index >= 15 is 0 Å². The summed E-state index contributed by atoms with van der Waals surface area (Å²) in [4.78, 5) is 3.48. The minimum absolute atomic E-state index is 0. The third-order valence-corrected chi connectivity index (χ3v) is 0.353. The molecule has 0 fully saturated rings. The highest BCUT2D eigenvalue weighted by molar-refractivity contribution is 5.85. The van der Waals surface area contributed by atoms with Crippen molar-refractivity contribution in [3.63, 3.8) is 0 Å². The Hall–Kier alpha value is -0.880. The van der Waals surface area contributed by atoms with E-state index in [1.54, 1.807) is 0 Å². The quantitative estimate of drug-likeness (QED) is 0.283. The number of halogens is 1. The number of rotatable bonds is 1. The molecule has 0 aliphatic rings. The van der Waals surface area contributed by atoms with Gasteiger partial charge in [-0.25, -0.2) is 4.99 Å². The smallest absolute Gasteiger partial charge is 0.186 e. The monoisotopic (exact) mass is 133 g/mol. The van der Waals surface area contributed by atoms with E-state index in [-0.39, 0.29) is 24.9 Å². The van der Waals surface area contributed by atoms with Crippen molar-refractivity contribution >= 4 is 18.4 Å². The highest BCUT2D eigenvalue weighted by atomic mass is 35.5. The van der Waals surface area contributed by atoms with Gasteiger partial charge in [0.25, 0.3) is 0 Å². The summed E-state index contributed by atoms with van der Waals surface area (Å²) in [5.41, 5.74) is 9.82. The summed E-state index contributed by atoms with van der Waals surface area (Å²) in [6, 6.07) is 0. The summed E-state index contributed by atoms with van der Waals surface area (Å²) < 4.78 is 0. The van der Waals surface area contributed by atoms with Crippen LogP contribution in [0.5, 0.6) is 0 Å². The average Bonchev–Trinajstić information content (AvgIpc) is 1.61. The molecule has 0 spiro atoms. The number of guanidine groups is 1. The lowest BCUT2D eigenvalue weighted by Crippen LogP contribution is -2.22. The lowest BCUT2D eigenvalue weighted by atomic mass is 10.7. The third-order valence-electron chi connectivity index (χ3n) is 0.353. The van der Waals surface area contributed by atoms with E-state index in [1.807, 2.05) is 0 Å². The summed E-state index contributed by atoms with van der Waals surface area (Å²) in [5, 5.41) is 0. The van der Waals surface area contributed by atoms with Gasteiger partial charge in [-0.2, -0.15) is 0 Å². The first-order valence-corrected chi connectivity index (χ1v) is 1.76. The molecule has 0 aromatic carbocycles. The fourth-order valence-corrected chi connectivity index (χ4v) is 0.137. The molecule has 0 bridgehead atoms. The zero-order valence-electron chi connectivity index (χ0n) is 4.29. The molecular weight excluding hydrogens is 126 g/mol. The predicted octanol–water partition coefficient (Wildman–Crippen LogP) is -0.685. The SMILES string of the molecule is C#CCN=C(N)N.Cl. The van der Waals surface area contributed by atoms with Crippen molar-refractivity contribution in [2.45, 2.75) is 0 Å². The van der Waals surface area contributed by atoms with Crippen LogP contribution in [0.2, 0.25) is 0 Å².